The molecule has 2 heterocycles. The van der Waals surface area contributed by atoms with E-state index in [9.17, 15) is 0 Å². The molecule has 1 N–H and O–H groups in total. The number of likely N-dealkylation sites (N-methyl/N-ethyl adjacent to an activating group) is 1. The molecular formula is C17H33IN6O. The Morgan fingerprint density at radius 3 is 2.92 bits per heavy atom. The van der Waals surface area contributed by atoms with Crippen LogP contribution in [-0.4, -0.2) is 79.0 Å². The Balaban J connectivity index is 0.00000312. The van der Waals surface area contributed by atoms with E-state index in [1.54, 1.807) is 0 Å². The Hall–Kier alpha value is -0.870. The van der Waals surface area contributed by atoms with Crippen LogP contribution in [0, 0.1) is 0 Å². The molecule has 25 heavy (non-hydrogen) atoms. The monoisotopic (exact) mass is 464 g/mol. The van der Waals surface area contributed by atoms with Gasteiger partial charge in [-0.05, 0) is 20.0 Å². The molecule has 1 aromatic rings. The molecule has 0 saturated carbocycles. The largest absolute Gasteiger partial charge is 0.370 e. The minimum atomic E-state index is 0. The number of nitrogens with zero attached hydrogens (tertiary/aromatic N) is 5. The maximum Gasteiger partial charge on any atom is 0.193 e. The van der Waals surface area contributed by atoms with E-state index in [-0.39, 0.29) is 30.1 Å². The zero-order chi connectivity index (χ0) is 17.4. The maximum atomic E-state index is 5.90. The molecule has 7 nitrogen and oxygen atoms in total. The molecule has 1 aromatic heterocycles. The van der Waals surface area contributed by atoms with Gasteiger partial charge in [-0.3, -0.25) is 9.67 Å². The van der Waals surface area contributed by atoms with Crippen molar-refractivity contribution in [1.29, 1.82) is 0 Å². The molecule has 0 spiro atoms. The maximum absolute atomic E-state index is 5.90. The van der Waals surface area contributed by atoms with E-state index in [4.69, 9.17) is 4.74 Å². The van der Waals surface area contributed by atoms with Crippen molar-refractivity contribution in [2.75, 3.05) is 53.4 Å². The van der Waals surface area contributed by atoms with E-state index in [0.29, 0.717) is 6.61 Å². The molecule has 0 aromatic carbocycles. The minimum absolute atomic E-state index is 0. The summed E-state index contributed by atoms with van der Waals surface area (Å²) in [5, 5.41) is 7.72. The van der Waals surface area contributed by atoms with Crippen LogP contribution in [0.15, 0.2) is 17.4 Å². The summed E-state index contributed by atoms with van der Waals surface area (Å²) in [5.74, 6) is 0.955. The number of aromatic nitrogens is 2. The molecule has 2 rings (SSSR count). The molecule has 144 valence electrons. The zero-order valence-corrected chi connectivity index (χ0v) is 18.3. The lowest BCUT2D eigenvalue weighted by atomic mass is 10.1. The topological polar surface area (TPSA) is 57.9 Å². The minimum Gasteiger partial charge on any atom is -0.370 e. The summed E-state index contributed by atoms with van der Waals surface area (Å²) in [6.45, 7) is 7.68. The van der Waals surface area contributed by atoms with Gasteiger partial charge in [0, 0.05) is 45.5 Å². The molecule has 1 saturated heterocycles. The number of unbranched alkanes of at least 4 members (excludes halogenated alkanes) is 1. The van der Waals surface area contributed by atoms with Crippen molar-refractivity contribution in [3.63, 3.8) is 0 Å². The third-order valence-corrected chi connectivity index (χ3v) is 4.34. The third-order valence-electron chi connectivity index (χ3n) is 4.34. The van der Waals surface area contributed by atoms with Crippen molar-refractivity contribution in [3.8, 4) is 0 Å². The number of halogens is 1. The second-order valence-electron chi connectivity index (χ2n) is 6.38. The van der Waals surface area contributed by atoms with E-state index in [1.807, 2.05) is 31.2 Å². The first-order chi connectivity index (χ1) is 11.6. The summed E-state index contributed by atoms with van der Waals surface area (Å²) in [6.07, 6.45) is 6.45. The number of aliphatic imine (C=N–C) groups is 1. The molecule has 1 unspecified atom stereocenters. The van der Waals surface area contributed by atoms with Gasteiger partial charge in [0.15, 0.2) is 5.96 Å². The lowest BCUT2D eigenvalue weighted by molar-refractivity contribution is -0.00804. The van der Waals surface area contributed by atoms with Crippen LogP contribution in [0.1, 0.15) is 31.4 Å². The molecule has 1 aliphatic rings. The number of hydrogen-bond acceptors (Lipinski definition) is 4. The van der Waals surface area contributed by atoms with Gasteiger partial charge in [0.05, 0.1) is 19.3 Å². The average Bonchev–Trinajstić information content (AvgIpc) is 3.03. The Morgan fingerprint density at radius 2 is 2.28 bits per heavy atom. The summed E-state index contributed by atoms with van der Waals surface area (Å²) in [4.78, 5) is 9.07. The van der Waals surface area contributed by atoms with Crippen molar-refractivity contribution < 1.29 is 4.74 Å². The molecule has 0 aliphatic carbocycles. The molecule has 8 heteroatoms. The molecule has 0 amide bonds. The number of morpholine rings is 1. The number of ether oxygens (including phenoxy) is 1. The van der Waals surface area contributed by atoms with E-state index < -0.39 is 0 Å². The standard InChI is InChI=1S/C17H32N6O.HI/c1-5-6-8-21(3)9-7-19-17(18-2)23-10-11-24-16(14-23)15-12-20-22(4)13-15;/h12-13,16H,5-11,14H2,1-4H3,(H,18,19);1H. The van der Waals surface area contributed by atoms with Crippen LogP contribution in [0.2, 0.25) is 0 Å². The lowest BCUT2D eigenvalue weighted by Crippen LogP contribution is -2.49. The van der Waals surface area contributed by atoms with Crippen LogP contribution in [0.25, 0.3) is 0 Å². The Morgan fingerprint density at radius 1 is 1.48 bits per heavy atom. The Labute approximate surface area is 168 Å². The highest BCUT2D eigenvalue weighted by Crippen LogP contribution is 2.21. The smallest absolute Gasteiger partial charge is 0.193 e. The Bertz CT molecular complexity index is 521. The van der Waals surface area contributed by atoms with Crippen molar-refractivity contribution in [2.45, 2.75) is 25.9 Å². The van der Waals surface area contributed by atoms with Gasteiger partial charge in [0.1, 0.15) is 6.10 Å². The normalized spacial score (nSPS) is 18.4. The summed E-state index contributed by atoms with van der Waals surface area (Å²) in [5.41, 5.74) is 1.12. The first-order valence-corrected chi connectivity index (χ1v) is 8.88. The summed E-state index contributed by atoms with van der Waals surface area (Å²) < 4.78 is 7.72. The van der Waals surface area contributed by atoms with Gasteiger partial charge < -0.3 is 19.9 Å². The fraction of sp³-hybridized carbons (Fsp3) is 0.765. The van der Waals surface area contributed by atoms with Crippen LogP contribution in [0.5, 0.6) is 0 Å². The van der Waals surface area contributed by atoms with E-state index in [0.717, 1.165) is 44.2 Å². The predicted octanol–water partition coefficient (Wildman–Crippen LogP) is 1.72. The number of nitrogens with one attached hydrogen (secondary N) is 1. The second-order valence-corrected chi connectivity index (χ2v) is 6.38. The highest BCUT2D eigenvalue weighted by molar-refractivity contribution is 14.0. The molecule has 1 atom stereocenters. The van der Waals surface area contributed by atoms with Crippen molar-refractivity contribution in [1.82, 2.24) is 24.9 Å². The van der Waals surface area contributed by atoms with Crippen molar-refractivity contribution in [2.24, 2.45) is 12.0 Å². The molecule has 1 fully saturated rings. The zero-order valence-electron chi connectivity index (χ0n) is 15.9. The molecule has 0 radical (unpaired) electrons. The number of aryl methyl sites for hydroxylation is 1. The van der Waals surface area contributed by atoms with Crippen LogP contribution in [0.3, 0.4) is 0 Å². The molecular weight excluding hydrogens is 431 g/mol. The summed E-state index contributed by atoms with van der Waals surface area (Å²) >= 11 is 0. The van der Waals surface area contributed by atoms with Gasteiger partial charge in [-0.1, -0.05) is 13.3 Å². The van der Waals surface area contributed by atoms with Gasteiger partial charge in [0.2, 0.25) is 0 Å². The summed E-state index contributed by atoms with van der Waals surface area (Å²) in [6, 6.07) is 0. The number of guanidine groups is 1. The van der Waals surface area contributed by atoms with Gasteiger partial charge in [0.25, 0.3) is 0 Å². The average molecular weight is 464 g/mol. The SMILES string of the molecule is CCCCN(C)CCNC(=NC)N1CCOC(c2cnn(C)c2)C1.I. The summed E-state index contributed by atoms with van der Waals surface area (Å²) in [7, 11) is 5.95. The first-order valence-electron chi connectivity index (χ1n) is 8.88. The van der Waals surface area contributed by atoms with E-state index in [2.05, 4.69) is 39.2 Å². The number of rotatable bonds is 7. The highest BCUT2D eigenvalue weighted by Gasteiger charge is 2.25. The number of hydrogen-bond donors (Lipinski definition) is 1. The lowest BCUT2D eigenvalue weighted by Gasteiger charge is -2.35. The van der Waals surface area contributed by atoms with Gasteiger partial charge >= 0.3 is 0 Å². The van der Waals surface area contributed by atoms with Gasteiger partial charge in [-0.15, -0.1) is 24.0 Å². The Kier molecular flexibility index (Phi) is 10.4. The highest BCUT2D eigenvalue weighted by atomic mass is 127. The third kappa shape index (κ3) is 7.10. The first kappa shape index (κ1) is 22.2. The van der Waals surface area contributed by atoms with Crippen LogP contribution in [-0.2, 0) is 11.8 Å². The fourth-order valence-corrected chi connectivity index (χ4v) is 2.88. The predicted molar refractivity (Wildman–Crippen MR) is 113 cm³/mol. The van der Waals surface area contributed by atoms with Gasteiger partial charge in [-0.2, -0.15) is 5.10 Å². The molecule has 0 bridgehead atoms. The van der Waals surface area contributed by atoms with Crippen LogP contribution in [0.4, 0.5) is 0 Å². The molecule has 1 aliphatic heterocycles. The van der Waals surface area contributed by atoms with Crippen LogP contribution >= 0.6 is 24.0 Å². The van der Waals surface area contributed by atoms with Crippen molar-refractivity contribution in [3.05, 3.63) is 18.0 Å². The van der Waals surface area contributed by atoms with Crippen LogP contribution < -0.4 is 5.32 Å². The quantitative estimate of drug-likeness (QED) is 0.379. The second kappa shape index (κ2) is 11.7. The van der Waals surface area contributed by atoms with E-state index >= 15 is 0 Å². The van der Waals surface area contributed by atoms with Gasteiger partial charge in [-0.25, -0.2) is 0 Å². The fourth-order valence-electron chi connectivity index (χ4n) is 2.88. The van der Waals surface area contributed by atoms with Crippen molar-refractivity contribution >= 4 is 29.9 Å². The van der Waals surface area contributed by atoms with E-state index in [1.165, 1.54) is 12.8 Å².